The van der Waals surface area contributed by atoms with Gasteiger partial charge in [0.05, 0.1) is 22.2 Å². The van der Waals surface area contributed by atoms with E-state index >= 15 is 0 Å². The fourth-order valence-electron chi connectivity index (χ4n) is 3.15. The lowest BCUT2D eigenvalue weighted by molar-refractivity contribution is -0.114. The largest absolute Gasteiger partial charge is 0.496 e. The molecule has 0 heterocycles. The Hall–Kier alpha value is -2.84. The number of sulfonamides is 1. The second-order valence-corrected chi connectivity index (χ2v) is 10.2. The van der Waals surface area contributed by atoms with E-state index < -0.39 is 15.9 Å². The van der Waals surface area contributed by atoms with E-state index in [1.54, 1.807) is 18.2 Å². The molecular weight excluding hydrogens is 492 g/mol. The maximum absolute atomic E-state index is 13.6. The van der Waals surface area contributed by atoms with Crippen molar-refractivity contribution in [3.63, 3.8) is 0 Å². The van der Waals surface area contributed by atoms with Gasteiger partial charge in [0.2, 0.25) is 5.91 Å². The van der Waals surface area contributed by atoms with E-state index in [9.17, 15) is 13.2 Å². The van der Waals surface area contributed by atoms with E-state index in [0.717, 1.165) is 21.0 Å². The number of carbonyl (C=O) groups is 1. The maximum atomic E-state index is 13.6. The lowest BCUT2D eigenvalue weighted by atomic mass is 10.1. The van der Waals surface area contributed by atoms with Crippen LogP contribution >= 0.6 is 15.9 Å². The molecule has 6 nitrogen and oxygen atoms in total. The van der Waals surface area contributed by atoms with Crippen molar-refractivity contribution < 1.29 is 17.9 Å². The minimum Gasteiger partial charge on any atom is -0.496 e. The van der Waals surface area contributed by atoms with Crippen molar-refractivity contribution in [2.24, 2.45) is 0 Å². The van der Waals surface area contributed by atoms with Crippen LogP contribution in [0.2, 0.25) is 0 Å². The number of rotatable bonds is 7. The first kappa shape index (κ1) is 23.8. The number of benzene rings is 3. The van der Waals surface area contributed by atoms with Crippen molar-refractivity contribution >= 4 is 43.2 Å². The van der Waals surface area contributed by atoms with Gasteiger partial charge in [-0.2, -0.15) is 0 Å². The first-order valence-corrected chi connectivity index (χ1v) is 12.1. The van der Waals surface area contributed by atoms with Crippen LogP contribution in [0.15, 0.2) is 70.0 Å². The highest BCUT2D eigenvalue weighted by Gasteiger charge is 2.28. The minimum atomic E-state index is -4.03. The topological polar surface area (TPSA) is 75.7 Å². The van der Waals surface area contributed by atoms with E-state index in [0.29, 0.717) is 21.6 Å². The van der Waals surface area contributed by atoms with Crippen molar-refractivity contribution in [1.29, 1.82) is 0 Å². The van der Waals surface area contributed by atoms with Gasteiger partial charge in [-0.15, -0.1) is 0 Å². The predicted molar refractivity (Wildman–Crippen MR) is 131 cm³/mol. The Balaban J connectivity index is 1.98. The van der Waals surface area contributed by atoms with Crippen molar-refractivity contribution in [1.82, 2.24) is 0 Å². The van der Waals surface area contributed by atoms with Crippen molar-refractivity contribution in [3.05, 3.63) is 81.8 Å². The van der Waals surface area contributed by atoms with Crippen LogP contribution in [0.25, 0.3) is 0 Å². The van der Waals surface area contributed by atoms with Crippen molar-refractivity contribution in [3.8, 4) is 5.75 Å². The summed E-state index contributed by atoms with van der Waals surface area (Å²) in [7, 11) is -2.53. The number of hydrogen-bond acceptors (Lipinski definition) is 4. The van der Waals surface area contributed by atoms with Crippen molar-refractivity contribution in [2.45, 2.75) is 25.7 Å². The van der Waals surface area contributed by atoms with Crippen LogP contribution in [0, 0.1) is 20.8 Å². The molecule has 32 heavy (non-hydrogen) atoms. The standard InChI is InChI=1S/C24H25BrN2O4S/c1-16-6-9-19(10-7-16)27(15-24(28)26-22-13-17(2)5-8-18(22)3)32(29,30)20-11-12-23(31-4)21(25)14-20/h5-14H,15H2,1-4H3,(H,26,28). The zero-order valence-corrected chi connectivity index (χ0v) is 20.7. The third-order valence-electron chi connectivity index (χ3n) is 4.99. The van der Waals surface area contributed by atoms with Gasteiger partial charge in [0.15, 0.2) is 0 Å². The molecule has 0 aliphatic carbocycles. The predicted octanol–water partition coefficient (Wildman–Crippen LogP) is 5.22. The molecule has 3 aromatic carbocycles. The number of hydrogen-bond donors (Lipinski definition) is 1. The quantitative estimate of drug-likeness (QED) is 0.467. The number of anilines is 2. The Labute approximate surface area is 197 Å². The molecule has 0 saturated heterocycles. The number of carbonyl (C=O) groups excluding carboxylic acids is 1. The normalized spacial score (nSPS) is 11.2. The van der Waals surface area contributed by atoms with Crippen LogP contribution in [0.3, 0.4) is 0 Å². The summed E-state index contributed by atoms with van der Waals surface area (Å²) < 4.78 is 33.9. The van der Waals surface area contributed by atoms with Gasteiger partial charge in [0, 0.05) is 5.69 Å². The molecule has 168 valence electrons. The van der Waals surface area contributed by atoms with Gasteiger partial charge in [-0.1, -0.05) is 29.8 Å². The van der Waals surface area contributed by atoms with Crippen LogP contribution in [0.5, 0.6) is 5.75 Å². The minimum absolute atomic E-state index is 0.0466. The summed E-state index contributed by atoms with van der Waals surface area (Å²) in [5, 5.41) is 2.84. The fourth-order valence-corrected chi connectivity index (χ4v) is 5.29. The Morgan fingerprint density at radius 1 is 0.969 bits per heavy atom. The average molecular weight is 517 g/mol. The first-order chi connectivity index (χ1) is 15.1. The number of nitrogens with zero attached hydrogens (tertiary/aromatic N) is 1. The Morgan fingerprint density at radius 2 is 1.62 bits per heavy atom. The molecule has 0 atom stereocenters. The van der Waals surface area contributed by atoms with Crippen LogP contribution in [-0.4, -0.2) is 28.0 Å². The Morgan fingerprint density at radius 3 is 2.25 bits per heavy atom. The molecule has 3 aromatic rings. The molecule has 0 bridgehead atoms. The molecule has 3 rings (SSSR count). The number of halogens is 1. The zero-order valence-electron chi connectivity index (χ0n) is 18.3. The second kappa shape index (κ2) is 9.75. The number of nitrogens with one attached hydrogen (secondary N) is 1. The van der Waals surface area contributed by atoms with E-state index in [1.807, 2.05) is 51.1 Å². The fraction of sp³-hybridized carbons (Fsp3) is 0.208. The van der Waals surface area contributed by atoms with Gasteiger partial charge < -0.3 is 10.1 Å². The maximum Gasteiger partial charge on any atom is 0.264 e. The molecule has 0 radical (unpaired) electrons. The van der Waals surface area contributed by atoms with Gasteiger partial charge in [-0.3, -0.25) is 9.10 Å². The zero-order chi connectivity index (χ0) is 23.5. The third kappa shape index (κ3) is 5.31. The van der Waals surface area contributed by atoms with Gasteiger partial charge >= 0.3 is 0 Å². The highest BCUT2D eigenvalue weighted by atomic mass is 79.9. The summed E-state index contributed by atoms with van der Waals surface area (Å²) >= 11 is 3.34. The highest BCUT2D eigenvalue weighted by molar-refractivity contribution is 9.10. The molecule has 0 aromatic heterocycles. The molecule has 8 heteroatoms. The van der Waals surface area contributed by atoms with E-state index in [4.69, 9.17) is 4.74 Å². The van der Waals surface area contributed by atoms with Crippen LogP contribution in [-0.2, 0) is 14.8 Å². The molecule has 0 spiro atoms. The smallest absolute Gasteiger partial charge is 0.264 e. The first-order valence-electron chi connectivity index (χ1n) is 9.92. The summed E-state index contributed by atoms with van der Waals surface area (Å²) in [6.45, 7) is 5.36. The lowest BCUT2D eigenvalue weighted by Gasteiger charge is -2.25. The summed E-state index contributed by atoms with van der Waals surface area (Å²) in [6.07, 6.45) is 0. The third-order valence-corrected chi connectivity index (χ3v) is 7.38. The summed E-state index contributed by atoms with van der Waals surface area (Å²) in [6, 6.07) is 17.2. The van der Waals surface area contributed by atoms with E-state index in [1.165, 1.54) is 19.2 Å². The molecule has 0 aliphatic rings. The number of methoxy groups -OCH3 is 1. The molecular formula is C24H25BrN2O4S. The van der Waals surface area contributed by atoms with Crippen LogP contribution in [0.1, 0.15) is 16.7 Å². The van der Waals surface area contributed by atoms with Gasteiger partial charge in [-0.05, 0) is 84.2 Å². The van der Waals surface area contributed by atoms with E-state index in [-0.39, 0.29) is 11.4 Å². The summed E-state index contributed by atoms with van der Waals surface area (Å²) in [5.74, 6) is 0.0777. The highest BCUT2D eigenvalue weighted by Crippen LogP contribution is 2.31. The monoisotopic (exact) mass is 516 g/mol. The molecule has 0 saturated carbocycles. The van der Waals surface area contributed by atoms with Crippen LogP contribution < -0.4 is 14.4 Å². The number of aryl methyl sites for hydroxylation is 3. The molecule has 1 N–H and O–H groups in total. The molecule has 0 fully saturated rings. The molecule has 1 amide bonds. The second-order valence-electron chi connectivity index (χ2n) is 7.51. The molecule has 0 unspecified atom stereocenters. The summed E-state index contributed by atoms with van der Waals surface area (Å²) in [4.78, 5) is 13.0. The van der Waals surface area contributed by atoms with Gasteiger partial charge in [0.25, 0.3) is 10.0 Å². The Kier molecular flexibility index (Phi) is 7.26. The number of amides is 1. The molecule has 0 aliphatic heterocycles. The SMILES string of the molecule is COc1ccc(S(=O)(=O)N(CC(=O)Nc2cc(C)ccc2C)c2ccc(C)cc2)cc1Br. The van der Waals surface area contributed by atoms with Crippen LogP contribution in [0.4, 0.5) is 11.4 Å². The van der Waals surface area contributed by atoms with Crippen molar-refractivity contribution in [2.75, 3.05) is 23.3 Å². The van der Waals surface area contributed by atoms with Gasteiger partial charge in [0.1, 0.15) is 12.3 Å². The average Bonchev–Trinajstić information content (AvgIpc) is 2.75. The Bertz CT molecular complexity index is 1240. The number of ether oxygens (including phenoxy) is 1. The van der Waals surface area contributed by atoms with E-state index in [2.05, 4.69) is 21.2 Å². The summed E-state index contributed by atoms with van der Waals surface area (Å²) in [5.41, 5.74) is 3.94. The van der Waals surface area contributed by atoms with Gasteiger partial charge in [-0.25, -0.2) is 8.42 Å². The lowest BCUT2D eigenvalue weighted by Crippen LogP contribution is -2.38.